The molecule has 1 aromatic heterocycles. The summed E-state index contributed by atoms with van der Waals surface area (Å²) in [6, 6.07) is 8.63. The third-order valence-electron chi connectivity index (χ3n) is 5.05. The Morgan fingerprint density at radius 2 is 2.26 bits per heavy atom. The standard InChI is InChI=1S/C20H28ClN5S/c1-14-23-12-18(27-14)13-25-20(22-2)24-11-16-7-5-9-26(3)19(16)15-6-4-8-17(21)10-15/h4,6,8,10,12,16,19H,5,7,9,11,13H2,1-3H3,(H2,22,24,25). The van der Waals surface area contributed by atoms with E-state index in [1.54, 1.807) is 11.3 Å². The summed E-state index contributed by atoms with van der Waals surface area (Å²) in [5.74, 6) is 1.34. The van der Waals surface area contributed by atoms with Crippen molar-refractivity contribution in [1.29, 1.82) is 0 Å². The van der Waals surface area contributed by atoms with Crippen LogP contribution < -0.4 is 10.6 Å². The smallest absolute Gasteiger partial charge is 0.191 e. The van der Waals surface area contributed by atoms with Gasteiger partial charge in [0.25, 0.3) is 0 Å². The van der Waals surface area contributed by atoms with Crippen molar-refractivity contribution in [2.75, 3.05) is 27.2 Å². The van der Waals surface area contributed by atoms with Crippen molar-refractivity contribution in [1.82, 2.24) is 20.5 Å². The van der Waals surface area contributed by atoms with Crippen LogP contribution in [0.5, 0.6) is 0 Å². The van der Waals surface area contributed by atoms with Crippen molar-refractivity contribution in [2.24, 2.45) is 10.9 Å². The van der Waals surface area contributed by atoms with E-state index in [0.717, 1.165) is 35.6 Å². The first-order chi connectivity index (χ1) is 13.1. The molecule has 0 radical (unpaired) electrons. The highest BCUT2D eigenvalue weighted by Crippen LogP contribution is 2.35. The van der Waals surface area contributed by atoms with E-state index in [2.05, 4.69) is 44.7 Å². The van der Waals surface area contributed by atoms with E-state index in [9.17, 15) is 0 Å². The normalized spacial score (nSPS) is 21.3. The van der Waals surface area contributed by atoms with Crippen LogP contribution in [0.1, 0.15) is 34.3 Å². The number of aryl methyl sites for hydroxylation is 1. The van der Waals surface area contributed by atoms with Crippen molar-refractivity contribution in [3.8, 4) is 0 Å². The number of halogens is 1. The van der Waals surface area contributed by atoms with Gasteiger partial charge in [-0.2, -0.15) is 0 Å². The quantitative estimate of drug-likeness (QED) is 0.586. The number of hydrogen-bond donors (Lipinski definition) is 2. The molecule has 0 saturated carbocycles. The molecule has 5 nitrogen and oxygen atoms in total. The summed E-state index contributed by atoms with van der Waals surface area (Å²) in [4.78, 5) is 12.3. The van der Waals surface area contributed by atoms with Crippen LogP contribution in [-0.2, 0) is 6.54 Å². The van der Waals surface area contributed by atoms with Gasteiger partial charge in [-0.15, -0.1) is 11.3 Å². The molecule has 7 heteroatoms. The number of nitrogens with zero attached hydrogens (tertiary/aromatic N) is 3. The summed E-state index contributed by atoms with van der Waals surface area (Å²) in [5, 5.41) is 8.79. The van der Waals surface area contributed by atoms with Crippen LogP contribution in [0, 0.1) is 12.8 Å². The summed E-state index contributed by atoms with van der Waals surface area (Å²) in [6.45, 7) is 4.76. The number of likely N-dealkylation sites (tertiary alicyclic amines) is 1. The van der Waals surface area contributed by atoms with Gasteiger partial charge in [0.05, 0.1) is 11.6 Å². The van der Waals surface area contributed by atoms with E-state index in [-0.39, 0.29) is 0 Å². The Balaban J connectivity index is 1.61. The highest BCUT2D eigenvalue weighted by Gasteiger charge is 2.30. The minimum atomic E-state index is 0.368. The summed E-state index contributed by atoms with van der Waals surface area (Å²) in [6.07, 6.45) is 4.33. The molecule has 3 rings (SSSR count). The van der Waals surface area contributed by atoms with Crippen molar-refractivity contribution < 1.29 is 0 Å². The van der Waals surface area contributed by atoms with Crippen molar-refractivity contribution >= 4 is 28.9 Å². The molecule has 2 heterocycles. The van der Waals surface area contributed by atoms with Gasteiger partial charge in [-0.25, -0.2) is 4.98 Å². The molecule has 1 saturated heterocycles. The molecule has 2 aromatic rings. The molecule has 0 bridgehead atoms. The lowest BCUT2D eigenvalue weighted by Crippen LogP contribution is -2.44. The van der Waals surface area contributed by atoms with Crippen LogP contribution in [-0.4, -0.2) is 43.0 Å². The molecule has 0 aliphatic carbocycles. The minimum absolute atomic E-state index is 0.368. The Morgan fingerprint density at radius 1 is 1.41 bits per heavy atom. The topological polar surface area (TPSA) is 52.6 Å². The van der Waals surface area contributed by atoms with E-state index in [1.165, 1.54) is 23.3 Å². The second-order valence-corrected chi connectivity index (χ2v) is 8.79. The molecule has 1 aromatic carbocycles. The van der Waals surface area contributed by atoms with Gasteiger partial charge in [0.1, 0.15) is 0 Å². The SMILES string of the molecule is CN=C(NCc1cnc(C)s1)NCC1CCCN(C)C1c1cccc(Cl)c1. The Morgan fingerprint density at radius 3 is 2.96 bits per heavy atom. The molecule has 0 spiro atoms. The zero-order valence-electron chi connectivity index (χ0n) is 16.2. The molecule has 27 heavy (non-hydrogen) atoms. The number of rotatable bonds is 5. The van der Waals surface area contributed by atoms with Crippen LogP contribution >= 0.6 is 22.9 Å². The maximum absolute atomic E-state index is 6.24. The van der Waals surface area contributed by atoms with E-state index in [0.29, 0.717) is 12.0 Å². The van der Waals surface area contributed by atoms with Gasteiger partial charge in [0, 0.05) is 35.7 Å². The number of hydrogen-bond acceptors (Lipinski definition) is 4. The van der Waals surface area contributed by atoms with E-state index < -0.39 is 0 Å². The average molecular weight is 406 g/mol. The molecule has 1 aliphatic heterocycles. The van der Waals surface area contributed by atoms with Gasteiger partial charge < -0.3 is 10.6 Å². The van der Waals surface area contributed by atoms with Gasteiger partial charge in [-0.05, 0) is 57.0 Å². The molecule has 0 amide bonds. The Labute approximate surface area is 170 Å². The third-order valence-corrected chi connectivity index (χ3v) is 6.20. The lowest BCUT2D eigenvalue weighted by atomic mass is 9.85. The lowest BCUT2D eigenvalue weighted by Gasteiger charge is -2.40. The molecular weight excluding hydrogens is 378 g/mol. The Hall–Kier alpha value is -1.63. The first kappa shape index (κ1) is 20.1. The summed E-state index contributed by atoms with van der Waals surface area (Å²) >= 11 is 7.95. The molecule has 1 fully saturated rings. The van der Waals surface area contributed by atoms with Crippen LogP contribution in [0.25, 0.3) is 0 Å². The molecule has 2 atom stereocenters. The Kier molecular flexibility index (Phi) is 7.10. The zero-order chi connectivity index (χ0) is 19.2. The number of nitrogens with one attached hydrogen (secondary N) is 2. The van der Waals surface area contributed by atoms with Crippen molar-refractivity contribution in [3.63, 3.8) is 0 Å². The van der Waals surface area contributed by atoms with Crippen LogP contribution in [0.2, 0.25) is 5.02 Å². The monoisotopic (exact) mass is 405 g/mol. The van der Waals surface area contributed by atoms with E-state index in [1.807, 2.05) is 32.3 Å². The second kappa shape index (κ2) is 9.53. The molecule has 146 valence electrons. The second-order valence-electron chi connectivity index (χ2n) is 7.04. The first-order valence-electron chi connectivity index (χ1n) is 9.38. The summed E-state index contributed by atoms with van der Waals surface area (Å²) in [5.41, 5.74) is 1.29. The van der Waals surface area contributed by atoms with Crippen LogP contribution in [0.3, 0.4) is 0 Å². The first-order valence-corrected chi connectivity index (χ1v) is 10.6. The number of aliphatic imine (C=N–C) groups is 1. The lowest BCUT2D eigenvalue weighted by molar-refractivity contribution is 0.122. The number of aromatic nitrogens is 1. The zero-order valence-corrected chi connectivity index (χ0v) is 17.8. The highest BCUT2D eigenvalue weighted by atomic mass is 35.5. The van der Waals surface area contributed by atoms with Gasteiger partial charge in [-0.3, -0.25) is 9.89 Å². The fraction of sp³-hybridized carbons (Fsp3) is 0.500. The Bertz CT molecular complexity index is 775. The fourth-order valence-corrected chi connectivity index (χ4v) is 4.73. The van der Waals surface area contributed by atoms with Gasteiger partial charge >= 0.3 is 0 Å². The number of piperidine rings is 1. The number of guanidine groups is 1. The molecule has 1 aliphatic rings. The van der Waals surface area contributed by atoms with Gasteiger partial charge in [0.2, 0.25) is 0 Å². The van der Waals surface area contributed by atoms with E-state index in [4.69, 9.17) is 11.6 Å². The number of benzene rings is 1. The van der Waals surface area contributed by atoms with Crippen LogP contribution in [0.15, 0.2) is 35.5 Å². The van der Waals surface area contributed by atoms with Gasteiger partial charge in [-0.1, -0.05) is 23.7 Å². The third kappa shape index (κ3) is 5.43. The fourth-order valence-electron chi connectivity index (χ4n) is 3.80. The summed E-state index contributed by atoms with van der Waals surface area (Å²) < 4.78 is 0. The maximum Gasteiger partial charge on any atom is 0.191 e. The highest BCUT2D eigenvalue weighted by molar-refractivity contribution is 7.11. The van der Waals surface area contributed by atoms with Crippen molar-refractivity contribution in [2.45, 2.75) is 32.4 Å². The minimum Gasteiger partial charge on any atom is -0.356 e. The maximum atomic E-state index is 6.24. The predicted molar refractivity (Wildman–Crippen MR) is 115 cm³/mol. The summed E-state index contributed by atoms with van der Waals surface area (Å²) in [7, 11) is 4.02. The number of thiazole rings is 1. The van der Waals surface area contributed by atoms with Gasteiger partial charge in [0.15, 0.2) is 5.96 Å². The largest absolute Gasteiger partial charge is 0.356 e. The average Bonchev–Trinajstić information content (AvgIpc) is 3.07. The molecule has 2 N–H and O–H groups in total. The predicted octanol–water partition coefficient (Wildman–Crippen LogP) is 3.85. The molecular formula is C20H28ClN5S. The van der Waals surface area contributed by atoms with Crippen LogP contribution in [0.4, 0.5) is 0 Å². The van der Waals surface area contributed by atoms with Crippen molar-refractivity contribution in [3.05, 3.63) is 50.9 Å². The molecule has 2 unspecified atom stereocenters. The van der Waals surface area contributed by atoms with E-state index >= 15 is 0 Å².